The Morgan fingerprint density at radius 2 is 1.41 bits per heavy atom. The molecule has 3 N–H and O–H groups in total. The Hall–Kier alpha value is -4.30. The fraction of sp³-hybridized carbons (Fsp3) is 0.0312. The van der Waals surface area contributed by atoms with Crippen molar-refractivity contribution in [1.82, 2.24) is 0 Å². The monoisotopic (exact) mass is 600 g/mol. The Labute approximate surface area is 250 Å². The van der Waals surface area contributed by atoms with Crippen molar-refractivity contribution in [2.45, 2.75) is 10.1 Å². The van der Waals surface area contributed by atoms with Crippen LogP contribution < -0.4 is 10.6 Å². The van der Waals surface area contributed by atoms with Gasteiger partial charge in [-0.05, 0) is 53.4 Å². The molecule has 0 fully saturated rings. The maximum absolute atomic E-state index is 13.5. The SMILES string of the molecule is O=C(O)c1cccc2cccc(C(=O)Nc3cccc(SC(C(=O)Nc4cccc(Cl)c4Cl)c4ccccc4)c3)c12. The van der Waals surface area contributed by atoms with Crippen LogP contribution in [0.2, 0.25) is 10.0 Å². The molecule has 0 aliphatic heterocycles. The van der Waals surface area contributed by atoms with Crippen molar-refractivity contribution in [3.05, 3.63) is 136 Å². The number of hydrogen-bond donors (Lipinski definition) is 3. The maximum atomic E-state index is 13.5. The van der Waals surface area contributed by atoms with Gasteiger partial charge in [-0.1, -0.05) is 89.9 Å². The quantitative estimate of drug-likeness (QED) is 0.155. The molecule has 0 aliphatic carbocycles. The molecule has 6 nitrogen and oxygen atoms in total. The van der Waals surface area contributed by atoms with E-state index in [9.17, 15) is 19.5 Å². The summed E-state index contributed by atoms with van der Waals surface area (Å²) in [5.74, 6) is -1.85. The molecule has 0 radical (unpaired) electrons. The smallest absolute Gasteiger partial charge is 0.336 e. The van der Waals surface area contributed by atoms with Gasteiger partial charge < -0.3 is 15.7 Å². The fourth-order valence-corrected chi connectivity index (χ4v) is 5.82. The number of nitrogens with one attached hydrogen (secondary N) is 2. The van der Waals surface area contributed by atoms with Crippen molar-refractivity contribution in [3.63, 3.8) is 0 Å². The molecule has 0 heterocycles. The van der Waals surface area contributed by atoms with Crippen LogP contribution in [0.4, 0.5) is 11.4 Å². The summed E-state index contributed by atoms with van der Waals surface area (Å²) >= 11 is 13.7. The molecule has 0 spiro atoms. The van der Waals surface area contributed by atoms with E-state index in [-0.39, 0.29) is 22.1 Å². The van der Waals surface area contributed by atoms with Gasteiger partial charge in [-0.3, -0.25) is 9.59 Å². The molecule has 5 aromatic carbocycles. The molecule has 0 saturated heterocycles. The van der Waals surface area contributed by atoms with Crippen molar-refractivity contribution in [2.24, 2.45) is 0 Å². The highest BCUT2D eigenvalue weighted by molar-refractivity contribution is 8.00. The molecule has 0 saturated carbocycles. The van der Waals surface area contributed by atoms with Crippen LogP contribution in [0.5, 0.6) is 0 Å². The van der Waals surface area contributed by atoms with Crippen molar-refractivity contribution in [3.8, 4) is 0 Å². The molecule has 5 rings (SSSR count). The zero-order chi connectivity index (χ0) is 28.9. The number of anilines is 2. The molecule has 204 valence electrons. The number of aromatic carboxylic acids is 1. The summed E-state index contributed by atoms with van der Waals surface area (Å²) in [6, 6.07) is 31.4. The topological polar surface area (TPSA) is 95.5 Å². The Morgan fingerprint density at radius 3 is 2.15 bits per heavy atom. The lowest BCUT2D eigenvalue weighted by molar-refractivity contribution is -0.115. The number of thioether (sulfide) groups is 1. The van der Waals surface area contributed by atoms with Crippen LogP contribution in [0.1, 0.15) is 31.5 Å². The third-order valence-electron chi connectivity index (χ3n) is 6.28. The number of carbonyl (C=O) groups is 3. The lowest BCUT2D eigenvalue weighted by atomic mass is 9.98. The summed E-state index contributed by atoms with van der Waals surface area (Å²) in [5.41, 5.74) is 1.98. The first-order chi connectivity index (χ1) is 19.8. The van der Waals surface area contributed by atoms with E-state index in [0.29, 0.717) is 27.2 Å². The van der Waals surface area contributed by atoms with Crippen LogP contribution in [0.15, 0.2) is 114 Å². The number of amides is 2. The third-order valence-corrected chi connectivity index (χ3v) is 8.34. The highest BCUT2D eigenvalue weighted by atomic mass is 35.5. The highest BCUT2D eigenvalue weighted by Gasteiger charge is 2.24. The standard InChI is InChI=1S/C32H22Cl2N2O4S/c33-25-16-7-17-26(28(25)34)36-31(38)29(20-8-2-1-3-9-20)41-22-13-6-12-21(18-22)35-30(37)23-14-4-10-19-11-5-15-24(27(19)23)32(39)40/h1-18,29H,(H,35,37)(H,36,38)(H,39,40). The largest absolute Gasteiger partial charge is 0.478 e. The van der Waals surface area contributed by atoms with Gasteiger partial charge in [0.1, 0.15) is 5.25 Å². The second-order valence-corrected chi connectivity index (χ2v) is 11.0. The summed E-state index contributed by atoms with van der Waals surface area (Å²) < 4.78 is 0. The van der Waals surface area contributed by atoms with E-state index in [1.807, 2.05) is 36.4 Å². The summed E-state index contributed by atoms with van der Waals surface area (Å²) in [7, 11) is 0. The third kappa shape index (κ3) is 6.38. The van der Waals surface area contributed by atoms with Gasteiger partial charge in [0, 0.05) is 21.5 Å². The molecule has 1 atom stereocenters. The number of carboxylic acid groups (broad SMARTS) is 1. The first-order valence-electron chi connectivity index (χ1n) is 12.4. The number of carboxylic acids is 1. The molecule has 5 aromatic rings. The summed E-state index contributed by atoms with van der Waals surface area (Å²) in [6.45, 7) is 0. The number of fused-ring (bicyclic) bond motifs is 1. The lowest BCUT2D eigenvalue weighted by Crippen LogP contribution is -2.19. The molecule has 2 amide bonds. The Kier molecular flexibility index (Phi) is 8.59. The Morgan fingerprint density at radius 1 is 0.732 bits per heavy atom. The minimum Gasteiger partial charge on any atom is -0.478 e. The van der Waals surface area contributed by atoms with Gasteiger partial charge in [0.05, 0.1) is 21.3 Å². The van der Waals surface area contributed by atoms with Gasteiger partial charge in [0.15, 0.2) is 0 Å². The van der Waals surface area contributed by atoms with Gasteiger partial charge in [0.2, 0.25) is 5.91 Å². The molecule has 1 unspecified atom stereocenters. The van der Waals surface area contributed by atoms with E-state index in [0.717, 1.165) is 10.5 Å². The van der Waals surface area contributed by atoms with E-state index in [4.69, 9.17) is 23.2 Å². The number of hydrogen-bond acceptors (Lipinski definition) is 4. The number of carbonyl (C=O) groups excluding carboxylic acids is 2. The summed E-state index contributed by atoms with van der Waals surface area (Å²) in [5, 5.41) is 16.4. The molecular formula is C32H22Cl2N2O4S. The van der Waals surface area contributed by atoms with Crippen LogP contribution in [0.3, 0.4) is 0 Å². The normalized spacial score (nSPS) is 11.6. The first kappa shape index (κ1) is 28.2. The molecule has 0 aromatic heterocycles. The number of halogens is 2. The molecule has 0 aliphatic rings. The molecule has 41 heavy (non-hydrogen) atoms. The van der Waals surface area contributed by atoms with Crippen molar-refractivity contribution >= 4 is 74.9 Å². The number of rotatable bonds is 8. The van der Waals surface area contributed by atoms with Gasteiger partial charge in [0.25, 0.3) is 5.91 Å². The molecule has 0 bridgehead atoms. The van der Waals surface area contributed by atoms with Gasteiger partial charge in [-0.25, -0.2) is 4.79 Å². The van der Waals surface area contributed by atoms with E-state index in [1.54, 1.807) is 66.7 Å². The Balaban J connectivity index is 1.41. The highest BCUT2D eigenvalue weighted by Crippen LogP contribution is 2.38. The van der Waals surface area contributed by atoms with Crippen molar-refractivity contribution in [2.75, 3.05) is 10.6 Å². The maximum Gasteiger partial charge on any atom is 0.336 e. The van der Waals surface area contributed by atoms with Gasteiger partial charge in [-0.2, -0.15) is 0 Å². The van der Waals surface area contributed by atoms with Crippen LogP contribution in [0.25, 0.3) is 10.8 Å². The van der Waals surface area contributed by atoms with Gasteiger partial charge in [-0.15, -0.1) is 11.8 Å². The lowest BCUT2D eigenvalue weighted by Gasteiger charge is -2.18. The average Bonchev–Trinajstić information content (AvgIpc) is 2.98. The zero-order valence-corrected chi connectivity index (χ0v) is 23.6. The average molecular weight is 602 g/mol. The first-order valence-corrected chi connectivity index (χ1v) is 14.1. The van der Waals surface area contributed by atoms with Crippen LogP contribution in [-0.2, 0) is 4.79 Å². The van der Waals surface area contributed by atoms with Crippen LogP contribution in [-0.4, -0.2) is 22.9 Å². The van der Waals surface area contributed by atoms with E-state index in [2.05, 4.69) is 10.6 Å². The summed E-state index contributed by atoms with van der Waals surface area (Å²) in [4.78, 5) is 39.4. The van der Waals surface area contributed by atoms with Crippen LogP contribution in [0, 0.1) is 0 Å². The van der Waals surface area contributed by atoms with Crippen molar-refractivity contribution in [1.29, 1.82) is 0 Å². The zero-order valence-electron chi connectivity index (χ0n) is 21.3. The van der Waals surface area contributed by atoms with Crippen LogP contribution >= 0.6 is 35.0 Å². The Bertz CT molecular complexity index is 1770. The minimum atomic E-state index is -1.11. The second-order valence-electron chi connectivity index (χ2n) is 9.00. The predicted molar refractivity (Wildman–Crippen MR) is 165 cm³/mol. The van der Waals surface area contributed by atoms with E-state index in [1.165, 1.54) is 17.8 Å². The number of benzene rings is 5. The summed E-state index contributed by atoms with van der Waals surface area (Å²) in [6.07, 6.45) is 0. The van der Waals surface area contributed by atoms with Crippen molar-refractivity contribution < 1.29 is 19.5 Å². The molecule has 9 heteroatoms. The van der Waals surface area contributed by atoms with E-state index >= 15 is 0 Å². The molecular weight excluding hydrogens is 579 g/mol. The predicted octanol–water partition coefficient (Wildman–Crippen LogP) is 8.57. The second kappa shape index (κ2) is 12.5. The van der Waals surface area contributed by atoms with Gasteiger partial charge >= 0.3 is 5.97 Å². The minimum absolute atomic E-state index is 0.0501. The fourth-order valence-electron chi connectivity index (χ4n) is 4.39. The van der Waals surface area contributed by atoms with E-state index < -0.39 is 17.1 Å².